The molecule has 0 spiro atoms. The molecule has 0 saturated heterocycles. The highest BCUT2D eigenvalue weighted by Crippen LogP contribution is 2.30. The van der Waals surface area contributed by atoms with Crippen LogP contribution in [0.25, 0.3) is 0 Å². The lowest BCUT2D eigenvalue weighted by Gasteiger charge is -2.28. The van der Waals surface area contributed by atoms with Gasteiger partial charge in [0.25, 0.3) is 5.91 Å². The molecule has 0 fully saturated rings. The van der Waals surface area contributed by atoms with Gasteiger partial charge in [0.05, 0.1) is 6.04 Å². The van der Waals surface area contributed by atoms with Crippen LogP contribution >= 0.6 is 11.6 Å². The highest BCUT2D eigenvalue weighted by atomic mass is 35.5. The van der Waals surface area contributed by atoms with Crippen LogP contribution in [0, 0.1) is 5.92 Å². The van der Waals surface area contributed by atoms with Crippen molar-refractivity contribution in [3.05, 3.63) is 107 Å². The number of rotatable bonds is 13. The highest BCUT2D eigenvalue weighted by molar-refractivity contribution is 6.30. The standard InChI is InChI=1S/C32H31ClF5N3O4/c1-19(2)26(28(43)32(37,38)30(45)39-18-31(34,35)36)41-29(44)27(21-12-7-4-8-13-21)40-25(42)17-24(20-10-5-3-6-11-20)22-14-9-15-23(33)16-22/h3-16,19,24,26-27H,17-18H2,1-2H3,(H,39,45)(H,40,42)(H,41,44)/t24-,26+,27+/m1/s1. The Hall–Kier alpha value is -4.32. The summed E-state index contributed by atoms with van der Waals surface area (Å²) >= 11 is 6.20. The van der Waals surface area contributed by atoms with Gasteiger partial charge in [-0.3, -0.25) is 19.2 Å². The molecule has 0 heterocycles. The number of Topliss-reactive ketones (excluding diaryl/α,β-unsaturated/α-hetero) is 1. The molecule has 0 unspecified atom stereocenters. The maximum Gasteiger partial charge on any atom is 0.405 e. The molecule has 0 aliphatic heterocycles. The summed E-state index contributed by atoms with van der Waals surface area (Å²) in [6.45, 7) is 0.533. The summed E-state index contributed by atoms with van der Waals surface area (Å²) in [5, 5.41) is 6.24. The molecule has 0 bridgehead atoms. The number of alkyl halides is 5. The van der Waals surface area contributed by atoms with E-state index in [4.69, 9.17) is 11.6 Å². The zero-order valence-corrected chi connectivity index (χ0v) is 25.0. The predicted molar refractivity (Wildman–Crippen MR) is 157 cm³/mol. The molecule has 0 saturated carbocycles. The Bertz CT molecular complexity index is 1490. The van der Waals surface area contributed by atoms with Crippen LogP contribution in [0.5, 0.6) is 0 Å². The molecule has 0 aliphatic rings. The van der Waals surface area contributed by atoms with Crippen molar-refractivity contribution in [2.24, 2.45) is 5.92 Å². The monoisotopic (exact) mass is 651 g/mol. The van der Waals surface area contributed by atoms with Gasteiger partial charge in [-0.1, -0.05) is 98.2 Å². The van der Waals surface area contributed by atoms with Gasteiger partial charge in [-0.05, 0) is 34.7 Å². The first kappa shape index (κ1) is 35.2. The van der Waals surface area contributed by atoms with Crippen molar-refractivity contribution >= 4 is 35.1 Å². The number of carbonyl (C=O) groups excluding carboxylic acids is 4. The smallest absolute Gasteiger partial charge is 0.344 e. The minimum Gasteiger partial charge on any atom is -0.344 e. The Morgan fingerprint density at radius 3 is 1.84 bits per heavy atom. The van der Waals surface area contributed by atoms with Gasteiger partial charge in [0.2, 0.25) is 17.6 Å². The Morgan fingerprint density at radius 1 is 0.756 bits per heavy atom. The summed E-state index contributed by atoms with van der Waals surface area (Å²) in [5.74, 6) is -12.6. The molecule has 7 nitrogen and oxygen atoms in total. The average molecular weight is 652 g/mol. The van der Waals surface area contributed by atoms with E-state index in [0.717, 1.165) is 16.4 Å². The van der Waals surface area contributed by atoms with Gasteiger partial charge in [-0.15, -0.1) is 0 Å². The Labute approximate surface area is 261 Å². The van der Waals surface area contributed by atoms with Gasteiger partial charge in [-0.25, -0.2) is 0 Å². The van der Waals surface area contributed by atoms with Crippen molar-refractivity contribution in [1.29, 1.82) is 0 Å². The quantitative estimate of drug-likeness (QED) is 0.162. The Morgan fingerprint density at radius 2 is 1.31 bits per heavy atom. The molecule has 45 heavy (non-hydrogen) atoms. The van der Waals surface area contributed by atoms with Crippen LogP contribution in [0.15, 0.2) is 84.9 Å². The summed E-state index contributed by atoms with van der Waals surface area (Å²) in [4.78, 5) is 51.6. The molecule has 3 N–H and O–H groups in total. The first-order chi connectivity index (χ1) is 21.1. The van der Waals surface area contributed by atoms with E-state index in [1.54, 1.807) is 54.6 Å². The summed E-state index contributed by atoms with van der Waals surface area (Å²) in [5.41, 5.74) is 1.76. The lowest BCUT2D eigenvalue weighted by molar-refractivity contribution is -0.165. The molecule has 3 aromatic rings. The molecular weight excluding hydrogens is 621 g/mol. The lowest BCUT2D eigenvalue weighted by Crippen LogP contribution is -2.58. The minimum atomic E-state index is -4.99. The number of halogens is 6. The van der Waals surface area contributed by atoms with Crippen molar-refractivity contribution < 1.29 is 41.1 Å². The molecule has 3 amide bonds. The molecular formula is C32H31ClF5N3O4. The fourth-order valence-electron chi connectivity index (χ4n) is 4.56. The first-order valence-corrected chi connectivity index (χ1v) is 14.2. The topological polar surface area (TPSA) is 104 Å². The fraction of sp³-hybridized carbons (Fsp3) is 0.312. The fourth-order valence-corrected chi connectivity index (χ4v) is 4.76. The lowest BCUT2D eigenvalue weighted by atomic mass is 9.88. The van der Waals surface area contributed by atoms with Crippen molar-refractivity contribution in [3.8, 4) is 0 Å². The van der Waals surface area contributed by atoms with E-state index in [0.29, 0.717) is 5.02 Å². The maximum absolute atomic E-state index is 14.7. The van der Waals surface area contributed by atoms with Crippen LogP contribution in [0.1, 0.15) is 48.9 Å². The number of hydrogen-bond acceptors (Lipinski definition) is 4. The van der Waals surface area contributed by atoms with Crippen LogP contribution in [0.4, 0.5) is 22.0 Å². The Balaban J connectivity index is 1.86. The molecule has 3 atom stereocenters. The van der Waals surface area contributed by atoms with E-state index < -0.39 is 66.1 Å². The summed E-state index contributed by atoms with van der Waals surface area (Å²) in [6, 6.07) is 20.3. The minimum absolute atomic E-state index is 0.148. The van der Waals surface area contributed by atoms with Crippen LogP contribution in [-0.2, 0) is 19.2 Å². The van der Waals surface area contributed by atoms with E-state index in [1.165, 1.54) is 26.0 Å². The molecule has 0 aliphatic carbocycles. The summed E-state index contributed by atoms with van der Waals surface area (Å²) in [6.07, 6.45) is -5.14. The number of carbonyl (C=O) groups is 4. The summed E-state index contributed by atoms with van der Waals surface area (Å²) < 4.78 is 66.8. The third-order valence-electron chi connectivity index (χ3n) is 6.83. The van der Waals surface area contributed by atoms with Gasteiger partial charge in [-0.2, -0.15) is 22.0 Å². The van der Waals surface area contributed by atoms with Crippen molar-refractivity contribution in [1.82, 2.24) is 16.0 Å². The van der Waals surface area contributed by atoms with Crippen molar-refractivity contribution in [2.45, 2.75) is 50.4 Å². The molecule has 13 heteroatoms. The molecule has 3 rings (SSSR count). The Kier molecular flexibility index (Phi) is 11.8. The predicted octanol–water partition coefficient (Wildman–Crippen LogP) is 5.74. The van der Waals surface area contributed by atoms with Crippen LogP contribution in [0.3, 0.4) is 0 Å². The second-order valence-electron chi connectivity index (χ2n) is 10.6. The van der Waals surface area contributed by atoms with E-state index in [9.17, 15) is 41.1 Å². The zero-order valence-electron chi connectivity index (χ0n) is 24.2. The largest absolute Gasteiger partial charge is 0.405 e. The third-order valence-corrected chi connectivity index (χ3v) is 7.07. The van der Waals surface area contributed by atoms with Gasteiger partial charge < -0.3 is 16.0 Å². The number of nitrogens with one attached hydrogen (secondary N) is 3. The normalized spacial score (nSPS) is 13.8. The van der Waals surface area contributed by atoms with Crippen molar-refractivity contribution in [2.75, 3.05) is 6.54 Å². The zero-order chi connectivity index (χ0) is 33.4. The van der Waals surface area contributed by atoms with Crippen LogP contribution in [0.2, 0.25) is 5.02 Å². The van der Waals surface area contributed by atoms with Gasteiger partial charge in [0.1, 0.15) is 12.6 Å². The van der Waals surface area contributed by atoms with Crippen LogP contribution in [-0.4, -0.2) is 48.2 Å². The van der Waals surface area contributed by atoms with E-state index in [-0.39, 0.29) is 12.0 Å². The number of benzene rings is 3. The highest BCUT2D eigenvalue weighted by Gasteiger charge is 2.52. The van der Waals surface area contributed by atoms with E-state index in [2.05, 4.69) is 10.6 Å². The van der Waals surface area contributed by atoms with Gasteiger partial charge in [0.15, 0.2) is 0 Å². The van der Waals surface area contributed by atoms with E-state index >= 15 is 0 Å². The average Bonchev–Trinajstić information content (AvgIpc) is 2.99. The van der Waals surface area contributed by atoms with E-state index in [1.807, 2.05) is 18.2 Å². The van der Waals surface area contributed by atoms with Gasteiger partial charge >= 0.3 is 12.1 Å². The van der Waals surface area contributed by atoms with Crippen LogP contribution < -0.4 is 16.0 Å². The third kappa shape index (κ3) is 9.84. The summed E-state index contributed by atoms with van der Waals surface area (Å²) in [7, 11) is 0. The number of hydrogen-bond donors (Lipinski definition) is 3. The first-order valence-electron chi connectivity index (χ1n) is 13.8. The molecule has 3 aromatic carbocycles. The molecule has 240 valence electrons. The number of ketones is 1. The van der Waals surface area contributed by atoms with Crippen molar-refractivity contribution in [3.63, 3.8) is 0 Å². The SMILES string of the molecule is CC(C)[C@H](NC(=O)[C@@H](NC(=O)C[C@H](c1ccccc1)c1cccc(Cl)c1)c1ccccc1)C(=O)C(F)(F)C(=O)NCC(F)(F)F. The second-order valence-corrected chi connectivity index (χ2v) is 11.0. The molecule has 0 radical (unpaired) electrons. The van der Waals surface area contributed by atoms with Gasteiger partial charge in [0, 0.05) is 17.4 Å². The maximum atomic E-state index is 14.7. The molecule has 0 aromatic heterocycles. The number of amides is 3. The second kappa shape index (κ2) is 15.1.